The van der Waals surface area contributed by atoms with Crippen molar-refractivity contribution in [3.8, 4) is 0 Å². The second-order valence-electron chi connectivity index (χ2n) is 6.51. The van der Waals surface area contributed by atoms with E-state index in [4.69, 9.17) is 5.73 Å². The van der Waals surface area contributed by atoms with Crippen LogP contribution in [0.5, 0.6) is 0 Å². The normalized spacial score (nSPS) is 32.6. The van der Waals surface area contributed by atoms with Gasteiger partial charge in [-0.15, -0.1) is 0 Å². The van der Waals surface area contributed by atoms with Crippen molar-refractivity contribution in [2.24, 2.45) is 11.1 Å². The lowest BCUT2D eigenvalue weighted by molar-refractivity contribution is 0.0322. The number of rotatable bonds is 2. The summed E-state index contributed by atoms with van der Waals surface area (Å²) in [6.45, 7) is 3.54. The van der Waals surface area contributed by atoms with Crippen LogP contribution in [0.2, 0.25) is 0 Å². The molecule has 1 saturated heterocycles. The van der Waals surface area contributed by atoms with Crippen LogP contribution in [0.1, 0.15) is 44.1 Å². The minimum absolute atomic E-state index is 0.422. The van der Waals surface area contributed by atoms with Gasteiger partial charge in [-0.1, -0.05) is 43.2 Å². The van der Waals surface area contributed by atoms with Gasteiger partial charge in [-0.2, -0.15) is 0 Å². The molecule has 2 fully saturated rings. The molecule has 1 aromatic rings. The van der Waals surface area contributed by atoms with Crippen LogP contribution < -0.4 is 5.73 Å². The number of hydrogen-bond donors (Lipinski definition) is 1. The van der Waals surface area contributed by atoms with Gasteiger partial charge in [0.1, 0.15) is 0 Å². The smallest absolute Gasteiger partial charge is 0.0233 e. The second kappa shape index (κ2) is 5.64. The first-order valence-electron chi connectivity index (χ1n) is 7.80. The summed E-state index contributed by atoms with van der Waals surface area (Å²) < 4.78 is 0. The summed E-state index contributed by atoms with van der Waals surface area (Å²) in [7, 11) is 0. The number of nitrogens with zero attached hydrogens (tertiary/aromatic N) is 1. The summed E-state index contributed by atoms with van der Waals surface area (Å²) in [6, 6.07) is 11.3. The maximum atomic E-state index is 6.47. The molecule has 2 unspecified atom stereocenters. The van der Waals surface area contributed by atoms with Crippen LogP contribution in [0.4, 0.5) is 0 Å². The van der Waals surface area contributed by atoms with Gasteiger partial charge in [0.2, 0.25) is 0 Å². The average molecular weight is 258 g/mol. The summed E-state index contributed by atoms with van der Waals surface area (Å²) in [6.07, 6.45) is 7.97. The van der Waals surface area contributed by atoms with Gasteiger partial charge in [0.25, 0.3) is 0 Å². The maximum absolute atomic E-state index is 6.47. The average Bonchev–Trinajstić information content (AvgIpc) is 2.44. The number of piperidine rings is 1. The Kier molecular flexibility index (Phi) is 3.90. The van der Waals surface area contributed by atoms with Gasteiger partial charge < -0.3 is 5.73 Å². The summed E-state index contributed by atoms with van der Waals surface area (Å²) in [5.74, 6) is 0. The Bertz CT molecular complexity index is 399. The molecule has 1 aliphatic heterocycles. The predicted molar refractivity (Wildman–Crippen MR) is 79.8 cm³/mol. The van der Waals surface area contributed by atoms with E-state index in [9.17, 15) is 0 Å². The van der Waals surface area contributed by atoms with Crippen molar-refractivity contribution in [1.29, 1.82) is 0 Å². The molecule has 0 radical (unpaired) electrons. The summed E-state index contributed by atoms with van der Waals surface area (Å²) >= 11 is 0. The Morgan fingerprint density at radius 2 is 1.89 bits per heavy atom. The second-order valence-corrected chi connectivity index (χ2v) is 6.51. The van der Waals surface area contributed by atoms with Gasteiger partial charge in [-0.25, -0.2) is 0 Å². The molecular formula is C17H26N2. The lowest BCUT2D eigenvalue weighted by atomic mass is 9.66. The van der Waals surface area contributed by atoms with Crippen molar-refractivity contribution < 1.29 is 0 Å². The fourth-order valence-corrected chi connectivity index (χ4v) is 4.07. The highest BCUT2D eigenvalue weighted by Gasteiger charge is 2.41. The summed E-state index contributed by atoms with van der Waals surface area (Å²) in [5, 5.41) is 0. The molecule has 1 aromatic carbocycles. The zero-order chi connectivity index (χ0) is 13.1. The topological polar surface area (TPSA) is 29.3 Å². The van der Waals surface area contributed by atoms with Crippen molar-refractivity contribution >= 4 is 0 Å². The molecule has 2 N–H and O–H groups in total. The number of hydrogen-bond acceptors (Lipinski definition) is 2. The van der Waals surface area contributed by atoms with Gasteiger partial charge in [-0.3, -0.25) is 4.90 Å². The van der Waals surface area contributed by atoms with E-state index in [0.717, 1.165) is 6.54 Å². The van der Waals surface area contributed by atoms with Crippen LogP contribution in [0, 0.1) is 5.41 Å². The minimum atomic E-state index is 0.422. The third-order valence-corrected chi connectivity index (χ3v) is 5.16. The zero-order valence-corrected chi connectivity index (χ0v) is 11.9. The van der Waals surface area contributed by atoms with Crippen LogP contribution in [0.15, 0.2) is 30.3 Å². The molecule has 0 aromatic heterocycles. The van der Waals surface area contributed by atoms with E-state index in [1.54, 1.807) is 0 Å². The molecule has 0 bridgehead atoms. The standard InChI is InChI=1S/C17H26N2/c18-16-9-4-5-10-17(16)11-6-12-19(14-17)13-15-7-2-1-3-8-15/h1-3,7-8,16H,4-6,9-14,18H2. The quantitative estimate of drug-likeness (QED) is 0.883. The van der Waals surface area contributed by atoms with Crippen molar-refractivity contribution in [2.75, 3.05) is 13.1 Å². The van der Waals surface area contributed by atoms with Gasteiger partial charge in [0.05, 0.1) is 0 Å². The molecule has 3 rings (SSSR count). The SMILES string of the molecule is NC1CCCCC12CCCN(Cc1ccccc1)C2. The van der Waals surface area contributed by atoms with Crippen LogP contribution >= 0.6 is 0 Å². The maximum Gasteiger partial charge on any atom is 0.0233 e. The molecule has 19 heavy (non-hydrogen) atoms. The van der Waals surface area contributed by atoms with E-state index in [-0.39, 0.29) is 0 Å². The first-order chi connectivity index (χ1) is 9.28. The van der Waals surface area contributed by atoms with Gasteiger partial charge in [-0.05, 0) is 43.2 Å². The van der Waals surface area contributed by atoms with Crippen molar-refractivity contribution in [3.63, 3.8) is 0 Å². The number of likely N-dealkylation sites (tertiary alicyclic amines) is 1. The molecular weight excluding hydrogens is 232 g/mol. The first kappa shape index (κ1) is 13.1. The lowest BCUT2D eigenvalue weighted by Gasteiger charge is -2.49. The zero-order valence-electron chi connectivity index (χ0n) is 11.9. The third-order valence-electron chi connectivity index (χ3n) is 5.16. The highest BCUT2D eigenvalue weighted by molar-refractivity contribution is 5.14. The Labute approximate surface area is 117 Å². The van der Waals surface area contributed by atoms with Crippen molar-refractivity contribution in [3.05, 3.63) is 35.9 Å². The molecule has 2 heteroatoms. The van der Waals surface area contributed by atoms with E-state index in [0.29, 0.717) is 11.5 Å². The highest BCUT2D eigenvalue weighted by Crippen LogP contribution is 2.42. The fraction of sp³-hybridized carbons (Fsp3) is 0.647. The highest BCUT2D eigenvalue weighted by atomic mass is 15.1. The van der Waals surface area contributed by atoms with Crippen LogP contribution in [-0.2, 0) is 6.54 Å². The van der Waals surface area contributed by atoms with E-state index >= 15 is 0 Å². The van der Waals surface area contributed by atoms with Gasteiger partial charge >= 0.3 is 0 Å². The molecule has 0 amide bonds. The van der Waals surface area contributed by atoms with Crippen LogP contribution in [0.25, 0.3) is 0 Å². The van der Waals surface area contributed by atoms with Gasteiger partial charge in [0.15, 0.2) is 0 Å². The van der Waals surface area contributed by atoms with E-state index in [1.165, 1.54) is 57.2 Å². The van der Waals surface area contributed by atoms with Crippen molar-refractivity contribution in [1.82, 2.24) is 4.90 Å². The van der Waals surface area contributed by atoms with Crippen LogP contribution in [-0.4, -0.2) is 24.0 Å². The monoisotopic (exact) mass is 258 g/mol. The van der Waals surface area contributed by atoms with E-state index in [1.807, 2.05) is 0 Å². The van der Waals surface area contributed by atoms with Crippen LogP contribution in [0.3, 0.4) is 0 Å². The molecule has 1 spiro atoms. The number of benzene rings is 1. The predicted octanol–water partition coefficient (Wildman–Crippen LogP) is 3.17. The van der Waals surface area contributed by atoms with Crippen molar-refractivity contribution in [2.45, 2.75) is 51.1 Å². The lowest BCUT2D eigenvalue weighted by Crippen LogP contribution is -2.54. The minimum Gasteiger partial charge on any atom is -0.327 e. The molecule has 2 nitrogen and oxygen atoms in total. The summed E-state index contributed by atoms with van der Waals surface area (Å²) in [5.41, 5.74) is 8.33. The Hall–Kier alpha value is -0.860. The van der Waals surface area contributed by atoms with Gasteiger partial charge in [0, 0.05) is 19.1 Å². The molecule has 1 aliphatic carbocycles. The first-order valence-corrected chi connectivity index (χ1v) is 7.80. The Morgan fingerprint density at radius 1 is 1.11 bits per heavy atom. The molecule has 2 atom stereocenters. The molecule has 104 valence electrons. The summed E-state index contributed by atoms with van der Waals surface area (Å²) in [4.78, 5) is 2.63. The van der Waals surface area contributed by atoms with E-state index in [2.05, 4.69) is 35.2 Å². The number of nitrogens with two attached hydrogens (primary N) is 1. The largest absolute Gasteiger partial charge is 0.327 e. The Morgan fingerprint density at radius 3 is 2.68 bits per heavy atom. The third kappa shape index (κ3) is 2.85. The Balaban J connectivity index is 1.67. The molecule has 1 heterocycles. The van der Waals surface area contributed by atoms with E-state index < -0.39 is 0 Å². The fourth-order valence-electron chi connectivity index (χ4n) is 4.07. The molecule has 2 aliphatic rings. The molecule has 1 saturated carbocycles.